The summed E-state index contributed by atoms with van der Waals surface area (Å²) >= 11 is 0. The van der Waals surface area contributed by atoms with Gasteiger partial charge in [0.1, 0.15) is 177 Å². The molecular formula is C50H84N4O38. The Morgan fingerprint density at radius 1 is 0.380 bits per heavy atom. The van der Waals surface area contributed by atoms with E-state index in [-0.39, 0.29) is 0 Å². The first-order valence-electron chi connectivity index (χ1n) is 28.9. The van der Waals surface area contributed by atoms with Crippen LogP contribution in [0.15, 0.2) is 0 Å². The number of amides is 3. The Morgan fingerprint density at radius 2 is 0.707 bits per heavy atom. The second-order valence-electron chi connectivity index (χ2n) is 22.8. The topological polar surface area (TPSA) is 675 Å². The quantitative estimate of drug-likeness (QED) is 0.0382. The van der Waals surface area contributed by atoms with Gasteiger partial charge in [0, 0.05) is 13.8 Å². The summed E-state index contributed by atoms with van der Waals surface area (Å²) in [4.78, 5) is 52.0. The molecule has 0 aromatic carbocycles. The molecule has 7 aliphatic rings. The molecule has 0 aliphatic carbocycles. The van der Waals surface area contributed by atoms with E-state index in [0.717, 1.165) is 13.8 Å². The zero-order valence-corrected chi connectivity index (χ0v) is 48.9. The highest BCUT2D eigenvalue weighted by atomic mass is 16.8. The van der Waals surface area contributed by atoms with Gasteiger partial charge in [0.05, 0.1) is 58.7 Å². The summed E-state index contributed by atoms with van der Waals surface area (Å²) in [5.41, 5.74) is 5.44. The van der Waals surface area contributed by atoms with Gasteiger partial charge < -0.3 is 185 Å². The fraction of sp³-hybridized carbons (Fsp3) is 0.920. The summed E-state index contributed by atoms with van der Waals surface area (Å²) in [7, 11) is 0. The lowest BCUT2D eigenvalue weighted by Gasteiger charge is -2.52. The first-order chi connectivity index (χ1) is 43.4. The molecule has 0 spiro atoms. The van der Waals surface area contributed by atoms with Crippen LogP contribution in [0.4, 0.5) is 0 Å². The average molecular weight is 1350 g/mol. The van der Waals surface area contributed by atoms with Crippen molar-refractivity contribution >= 4 is 23.7 Å². The Labute approximate surface area is 519 Å². The number of aliphatic hydroxyl groups excluding tert-OH is 20. The first-order valence-corrected chi connectivity index (χ1v) is 28.9. The molecule has 0 unspecified atom stereocenters. The van der Waals surface area contributed by atoms with Gasteiger partial charge >= 0.3 is 5.97 Å². The number of ether oxygens (including phenoxy) is 13. The average Bonchev–Trinajstić information content (AvgIpc) is 0.773. The van der Waals surface area contributed by atoms with Crippen molar-refractivity contribution in [3.8, 4) is 0 Å². The Bertz CT molecular complexity index is 2360. The number of primary amides is 1. The maximum absolute atomic E-state index is 13.5. The Balaban J connectivity index is 1.39. The molecule has 26 N–H and O–H groups in total. The molecule has 0 saturated carbocycles. The molecule has 0 bridgehead atoms. The van der Waals surface area contributed by atoms with E-state index in [2.05, 4.69) is 16.0 Å². The fourth-order valence-corrected chi connectivity index (χ4v) is 11.4. The monoisotopic (exact) mass is 1350 g/mol. The predicted octanol–water partition coefficient (Wildman–Crippen LogP) is -17.1. The first kappa shape index (κ1) is 75.9. The number of carboxylic acids is 1. The minimum atomic E-state index is -2.36. The van der Waals surface area contributed by atoms with Crippen molar-refractivity contribution in [2.45, 2.75) is 241 Å². The lowest BCUT2D eigenvalue weighted by Crippen LogP contribution is -2.73. The summed E-state index contributed by atoms with van der Waals surface area (Å²) in [5.74, 6) is -5.07. The molecule has 7 fully saturated rings. The molecule has 0 radical (unpaired) electrons. The van der Waals surface area contributed by atoms with E-state index < -0.39 is 297 Å². The van der Waals surface area contributed by atoms with Crippen molar-refractivity contribution in [3.05, 3.63) is 0 Å². The Kier molecular flexibility index (Phi) is 27.4. The van der Waals surface area contributed by atoms with E-state index in [0.29, 0.717) is 0 Å². The summed E-state index contributed by atoms with van der Waals surface area (Å²) in [5, 5.41) is 234. The molecule has 36 atom stereocenters. The van der Waals surface area contributed by atoms with Gasteiger partial charge in [0.25, 0.3) is 0 Å². The van der Waals surface area contributed by atoms with E-state index in [1.807, 2.05) is 0 Å². The molecule has 7 saturated heterocycles. The molecule has 42 heteroatoms. The number of rotatable bonds is 26. The van der Waals surface area contributed by atoms with Crippen LogP contribution in [0.25, 0.3) is 0 Å². The highest BCUT2D eigenvalue weighted by Crippen LogP contribution is 2.39. The minimum Gasteiger partial charge on any atom is -0.480 e. The van der Waals surface area contributed by atoms with Gasteiger partial charge in [-0.3, -0.25) is 24.5 Å². The number of carbonyl (C=O) groups excluding carboxylic acids is 3. The normalized spacial score (nSPS) is 47.3. The highest BCUT2D eigenvalue weighted by molar-refractivity contribution is 5.83. The van der Waals surface area contributed by atoms with Crippen LogP contribution in [0.2, 0.25) is 0 Å². The number of aliphatic carboxylic acids is 1. The molecule has 0 aromatic rings. The summed E-state index contributed by atoms with van der Waals surface area (Å²) in [6, 6.07) is -6.11. The molecule has 92 heavy (non-hydrogen) atoms. The smallest absolute Gasteiger partial charge is 0.321 e. The van der Waals surface area contributed by atoms with Crippen LogP contribution in [0.1, 0.15) is 20.3 Å². The Hall–Kier alpha value is -3.48. The van der Waals surface area contributed by atoms with Crippen molar-refractivity contribution in [1.29, 1.82) is 0 Å². The number of carbonyl (C=O) groups is 4. The SMILES string of the molecule is CC(=O)N[C@@H]1[C@@H](O[C@@H]2O[C@H](CO)[C@@H](O)[C@H](O[C@H]3O[C@H](CO)[C@@H](O)[C@H](O)[C@@H]3O)[C@H]2NC(C)=O)[C@H](O[C@@H]2O[C@H](CO)[C@@H](O)[C@H](O)[C@@H]2O)[C@@H](CO[C@H]2O[C@H](CO)[C@@H](O)[C@H](O[C@H]3O[C@H](CO)[C@@H](O)[C@H](O)[C@@H]3O)[C@@H]2O[C@H]2O[C@H](CO)[C@@H](O)[C@H](O)[C@@H]2O)O[C@H]1N[C@@H](CC(N)=O)C(=O)O. The highest BCUT2D eigenvalue weighted by Gasteiger charge is 2.60. The summed E-state index contributed by atoms with van der Waals surface area (Å²) < 4.78 is 78.0. The van der Waals surface area contributed by atoms with Gasteiger partial charge in [0.15, 0.2) is 37.7 Å². The van der Waals surface area contributed by atoms with Gasteiger partial charge in [0.2, 0.25) is 17.7 Å². The zero-order valence-electron chi connectivity index (χ0n) is 48.9. The van der Waals surface area contributed by atoms with Crippen molar-refractivity contribution < 1.29 is 188 Å². The van der Waals surface area contributed by atoms with Crippen LogP contribution < -0.4 is 21.7 Å². The molecule has 42 nitrogen and oxygen atoms in total. The van der Waals surface area contributed by atoms with E-state index >= 15 is 0 Å². The van der Waals surface area contributed by atoms with Gasteiger partial charge in [-0.05, 0) is 0 Å². The second-order valence-corrected chi connectivity index (χ2v) is 22.8. The summed E-state index contributed by atoms with van der Waals surface area (Å²) in [6.07, 6.45) is -70.5. The standard InChI is InChI=1S/C50H84N4O38/c1-11(61)52-22-40(90-45-23(53-12(2)62)39(28(68)18(8-59)82-45)89-47-35(75)31(71)25(65)15(5-56)84-47)38(88-46-34(74)30(70)24(64)14(4-55)83-46)20(81-43(22)54-13(44(78)79)3-21(51)63)10-80-50-42(92-49-37(77)33(73)27(67)17(7-58)86-49)41(29(69)19(9-60)87-50)91-48-36(76)32(72)26(66)16(6-57)85-48/h13-20,22-43,45-50,54-60,64-77H,3-10H2,1-2H3,(H2,51,63)(H,52,61)(H,53,62)(H,78,79)/t13-,14+,15+,16+,17+,18+,19+,20+,22+,23+,24+,25+,26+,27+,28+,29+,30-,31-,32-,33-,34-,35-,36-,37-,38+,39+,40+,41-,42-,43+,45-,46-,47+,48+,49+,50-/m0/s1. The molecule has 532 valence electrons. The van der Waals surface area contributed by atoms with Crippen molar-refractivity contribution in [1.82, 2.24) is 16.0 Å². The lowest BCUT2D eigenvalue weighted by molar-refractivity contribution is -0.396. The van der Waals surface area contributed by atoms with Gasteiger partial charge in [-0.25, -0.2) is 0 Å². The minimum absolute atomic E-state index is 0.902. The maximum atomic E-state index is 13.5. The summed E-state index contributed by atoms with van der Waals surface area (Å²) in [6.45, 7) is -5.91. The number of nitrogens with one attached hydrogen (secondary N) is 3. The number of hydrogen-bond acceptors (Lipinski definition) is 38. The zero-order chi connectivity index (χ0) is 68.1. The van der Waals surface area contributed by atoms with Crippen LogP contribution in [-0.4, -0.2) is 398 Å². The number of nitrogens with two attached hydrogens (primary N) is 1. The maximum Gasteiger partial charge on any atom is 0.321 e. The molecule has 3 amide bonds. The third-order valence-electron chi connectivity index (χ3n) is 16.4. The second kappa shape index (κ2) is 33.2. The largest absolute Gasteiger partial charge is 0.480 e. The number of carboxylic acid groups (broad SMARTS) is 1. The van der Waals surface area contributed by atoms with Gasteiger partial charge in [-0.1, -0.05) is 0 Å². The predicted molar refractivity (Wildman–Crippen MR) is 281 cm³/mol. The van der Waals surface area contributed by atoms with Crippen molar-refractivity contribution in [3.63, 3.8) is 0 Å². The molecule has 7 heterocycles. The Morgan fingerprint density at radius 3 is 1.09 bits per heavy atom. The number of hydrogen-bond donors (Lipinski definition) is 25. The van der Waals surface area contributed by atoms with E-state index in [9.17, 15) is 126 Å². The van der Waals surface area contributed by atoms with Crippen LogP contribution in [0.3, 0.4) is 0 Å². The van der Waals surface area contributed by atoms with Crippen LogP contribution >= 0.6 is 0 Å². The van der Waals surface area contributed by atoms with Crippen LogP contribution in [0.5, 0.6) is 0 Å². The van der Waals surface area contributed by atoms with Crippen LogP contribution in [0, 0.1) is 0 Å². The van der Waals surface area contributed by atoms with Crippen molar-refractivity contribution in [2.24, 2.45) is 5.73 Å². The third kappa shape index (κ3) is 16.9. The number of aliphatic hydroxyl groups is 20. The van der Waals surface area contributed by atoms with E-state index in [4.69, 9.17) is 67.3 Å². The molecule has 0 aromatic heterocycles. The molecular weight excluding hydrogens is 1260 g/mol. The fourth-order valence-electron chi connectivity index (χ4n) is 11.4. The molecule has 7 aliphatic heterocycles. The van der Waals surface area contributed by atoms with Crippen LogP contribution in [-0.2, 0) is 80.8 Å². The van der Waals surface area contributed by atoms with Crippen molar-refractivity contribution in [2.75, 3.05) is 46.2 Å². The van der Waals surface area contributed by atoms with E-state index in [1.54, 1.807) is 0 Å². The lowest BCUT2D eigenvalue weighted by atomic mass is 9.92. The van der Waals surface area contributed by atoms with E-state index in [1.165, 1.54) is 0 Å². The van der Waals surface area contributed by atoms with Gasteiger partial charge in [-0.15, -0.1) is 0 Å². The molecule has 7 rings (SSSR count). The van der Waals surface area contributed by atoms with Gasteiger partial charge in [-0.2, -0.15) is 0 Å². The third-order valence-corrected chi connectivity index (χ3v) is 16.4.